The van der Waals surface area contributed by atoms with Crippen LogP contribution in [0, 0.1) is 0 Å². The highest BCUT2D eigenvalue weighted by molar-refractivity contribution is 5.68. The third-order valence-electron chi connectivity index (χ3n) is 3.76. The predicted octanol–water partition coefficient (Wildman–Crippen LogP) is 3.69. The number of benzene rings is 2. The van der Waals surface area contributed by atoms with Crippen LogP contribution in [0.5, 0.6) is 5.75 Å². The topological polar surface area (TPSA) is 49.8 Å². The van der Waals surface area contributed by atoms with Gasteiger partial charge in [0.15, 0.2) is 0 Å². The molecule has 4 heteroatoms. The highest BCUT2D eigenvalue weighted by Gasteiger charge is 2.34. The van der Waals surface area contributed by atoms with Crippen molar-refractivity contribution in [2.24, 2.45) is 0 Å². The lowest BCUT2D eigenvalue weighted by molar-refractivity contribution is 0.0907. The van der Waals surface area contributed by atoms with Gasteiger partial charge < -0.3 is 14.7 Å². The molecule has 0 atom stereocenters. The molecule has 22 heavy (non-hydrogen) atoms. The molecule has 1 amide bonds. The Hall–Kier alpha value is -2.49. The van der Waals surface area contributed by atoms with Gasteiger partial charge in [0.2, 0.25) is 0 Å². The van der Waals surface area contributed by atoms with Crippen LogP contribution in [0.25, 0.3) is 0 Å². The van der Waals surface area contributed by atoms with E-state index < -0.39 is 0 Å². The number of ether oxygens (including phenoxy) is 1. The molecular weight excluding hydrogens is 278 g/mol. The van der Waals surface area contributed by atoms with E-state index in [1.54, 1.807) is 17.0 Å². The Bertz CT molecular complexity index is 638. The quantitative estimate of drug-likeness (QED) is 0.915. The number of carbonyl (C=O) groups excluding carboxylic acids is 1. The minimum Gasteiger partial charge on any atom is -0.508 e. The summed E-state index contributed by atoms with van der Waals surface area (Å²) >= 11 is 0. The Labute approximate surface area is 130 Å². The van der Waals surface area contributed by atoms with E-state index in [-0.39, 0.29) is 24.5 Å². The number of amides is 1. The van der Waals surface area contributed by atoms with Gasteiger partial charge in [0.1, 0.15) is 12.4 Å². The molecule has 0 unspecified atom stereocenters. The fourth-order valence-corrected chi connectivity index (χ4v) is 2.36. The summed E-state index contributed by atoms with van der Waals surface area (Å²) in [5, 5.41) is 9.87. The second-order valence-electron chi connectivity index (χ2n) is 5.53. The van der Waals surface area contributed by atoms with Crippen LogP contribution in [0.4, 0.5) is 4.79 Å². The van der Waals surface area contributed by atoms with E-state index in [1.165, 1.54) is 0 Å². The molecule has 0 heterocycles. The molecule has 1 saturated carbocycles. The van der Waals surface area contributed by atoms with Crippen LogP contribution < -0.4 is 0 Å². The second-order valence-corrected chi connectivity index (χ2v) is 5.53. The predicted molar refractivity (Wildman–Crippen MR) is 83.3 cm³/mol. The minimum atomic E-state index is -0.324. The first-order valence-corrected chi connectivity index (χ1v) is 7.48. The van der Waals surface area contributed by atoms with Crippen LogP contribution in [-0.2, 0) is 17.9 Å². The summed E-state index contributed by atoms with van der Waals surface area (Å²) in [6, 6.07) is 16.9. The molecule has 0 spiro atoms. The summed E-state index contributed by atoms with van der Waals surface area (Å²) in [5.74, 6) is 0.212. The number of carbonyl (C=O) groups is 1. The zero-order valence-corrected chi connectivity index (χ0v) is 12.3. The Morgan fingerprint density at radius 2 is 1.77 bits per heavy atom. The standard InChI is InChI=1S/C18H19NO3/c20-17-9-5-4-8-15(17)12-19(16-10-11-16)18(21)22-13-14-6-2-1-3-7-14/h1-9,16,20H,10-13H2. The van der Waals surface area contributed by atoms with Crippen molar-refractivity contribution >= 4 is 6.09 Å². The molecule has 4 nitrogen and oxygen atoms in total. The van der Waals surface area contributed by atoms with E-state index in [2.05, 4.69) is 0 Å². The van der Waals surface area contributed by atoms with Gasteiger partial charge in [-0.25, -0.2) is 4.79 Å². The molecule has 0 saturated heterocycles. The normalized spacial score (nSPS) is 13.6. The summed E-state index contributed by atoms with van der Waals surface area (Å²) in [5.41, 5.74) is 1.71. The Balaban J connectivity index is 1.64. The molecule has 1 aliphatic rings. The van der Waals surface area contributed by atoms with E-state index >= 15 is 0 Å². The highest BCUT2D eigenvalue weighted by Crippen LogP contribution is 2.30. The van der Waals surface area contributed by atoms with Crippen molar-refractivity contribution in [1.29, 1.82) is 0 Å². The Morgan fingerprint density at radius 1 is 1.09 bits per heavy atom. The molecule has 1 aliphatic carbocycles. The van der Waals surface area contributed by atoms with Gasteiger partial charge in [0.25, 0.3) is 0 Å². The first-order chi connectivity index (χ1) is 10.7. The van der Waals surface area contributed by atoms with Gasteiger partial charge in [-0.1, -0.05) is 48.5 Å². The van der Waals surface area contributed by atoms with Gasteiger partial charge in [0, 0.05) is 11.6 Å². The molecular formula is C18H19NO3. The number of para-hydroxylation sites is 1. The summed E-state index contributed by atoms with van der Waals surface area (Å²) in [6.07, 6.45) is 1.66. The van der Waals surface area contributed by atoms with Crippen molar-refractivity contribution in [3.05, 3.63) is 65.7 Å². The number of hydrogen-bond donors (Lipinski definition) is 1. The molecule has 0 aliphatic heterocycles. The zero-order chi connectivity index (χ0) is 15.4. The summed E-state index contributed by atoms with van der Waals surface area (Å²) in [4.78, 5) is 14.0. The van der Waals surface area contributed by atoms with Crippen molar-refractivity contribution in [3.63, 3.8) is 0 Å². The van der Waals surface area contributed by atoms with Crippen molar-refractivity contribution in [1.82, 2.24) is 4.90 Å². The molecule has 2 aromatic rings. The molecule has 114 valence electrons. The van der Waals surface area contributed by atoms with E-state index in [0.717, 1.165) is 24.0 Å². The van der Waals surface area contributed by atoms with E-state index in [1.807, 2.05) is 42.5 Å². The van der Waals surface area contributed by atoms with Crippen molar-refractivity contribution in [2.45, 2.75) is 32.0 Å². The zero-order valence-electron chi connectivity index (χ0n) is 12.3. The Kier molecular flexibility index (Phi) is 4.28. The fraction of sp³-hybridized carbons (Fsp3) is 0.278. The van der Waals surface area contributed by atoms with Crippen molar-refractivity contribution < 1.29 is 14.6 Å². The number of nitrogens with zero attached hydrogens (tertiary/aromatic N) is 1. The molecule has 3 rings (SSSR count). The maximum Gasteiger partial charge on any atom is 0.410 e. The maximum atomic E-state index is 12.3. The molecule has 1 N–H and O–H groups in total. The van der Waals surface area contributed by atoms with Crippen molar-refractivity contribution in [3.8, 4) is 5.75 Å². The lowest BCUT2D eigenvalue weighted by Gasteiger charge is -2.22. The van der Waals surface area contributed by atoms with Gasteiger partial charge in [-0.15, -0.1) is 0 Å². The number of phenols is 1. The Morgan fingerprint density at radius 3 is 2.45 bits per heavy atom. The van der Waals surface area contributed by atoms with Crippen LogP contribution in [0.2, 0.25) is 0 Å². The smallest absolute Gasteiger partial charge is 0.410 e. The number of phenolic OH excluding ortho intramolecular Hbond substituents is 1. The third-order valence-corrected chi connectivity index (χ3v) is 3.76. The van der Waals surface area contributed by atoms with Crippen LogP contribution in [0.3, 0.4) is 0 Å². The van der Waals surface area contributed by atoms with Crippen LogP contribution in [0.15, 0.2) is 54.6 Å². The lowest BCUT2D eigenvalue weighted by atomic mass is 10.2. The largest absolute Gasteiger partial charge is 0.508 e. The highest BCUT2D eigenvalue weighted by atomic mass is 16.6. The monoisotopic (exact) mass is 297 g/mol. The van der Waals surface area contributed by atoms with Crippen LogP contribution in [-0.4, -0.2) is 22.1 Å². The average Bonchev–Trinajstić information content (AvgIpc) is 3.37. The number of rotatable bonds is 5. The van der Waals surface area contributed by atoms with E-state index in [0.29, 0.717) is 6.54 Å². The van der Waals surface area contributed by atoms with Gasteiger partial charge in [0.05, 0.1) is 6.54 Å². The lowest BCUT2D eigenvalue weighted by Crippen LogP contribution is -2.33. The first-order valence-electron chi connectivity index (χ1n) is 7.48. The molecule has 0 bridgehead atoms. The summed E-state index contributed by atoms with van der Waals surface area (Å²) < 4.78 is 5.41. The van der Waals surface area contributed by atoms with Crippen LogP contribution >= 0.6 is 0 Å². The number of hydrogen-bond acceptors (Lipinski definition) is 3. The number of aromatic hydroxyl groups is 1. The minimum absolute atomic E-state index is 0.212. The fourth-order valence-electron chi connectivity index (χ4n) is 2.36. The maximum absolute atomic E-state index is 12.3. The summed E-state index contributed by atoms with van der Waals surface area (Å²) in [6.45, 7) is 0.647. The van der Waals surface area contributed by atoms with Gasteiger partial charge in [-0.3, -0.25) is 0 Å². The van der Waals surface area contributed by atoms with Gasteiger partial charge in [-0.2, -0.15) is 0 Å². The molecule has 2 aromatic carbocycles. The van der Waals surface area contributed by atoms with E-state index in [4.69, 9.17) is 4.74 Å². The SMILES string of the molecule is O=C(OCc1ccccc1)N(Cc1ccccc1O)C1CC1. The van der Waals surface area contributed by atoms with Gasteiger partial charge in [-0.05, 0) is 24.5 Å². The van der Waals surface area contributed by atoms with Gasteiger partial charge >= 0.3 is 6.09 Å². The molecule has 1 fully saturated rings. The molecule has 0 radical (unpaired) electrons. The average molecular weight is 297 g/mol. The summed E-state index contributed by atoms with van der Waals surface area (Å²) in [7, 11) is 0. The third kappa shape index (κ3) is 3.58. The van der Waals surface area contributed by atoms with Crippen LogP contribution in [0.1, 0.15) is 24.0 Å². The van der Waals surface area contributed by atoms with E-state index in [9.17, 15) is 9.90 Å². The van der Waals surface area contributed by atoms with Crippen molar-refractivity contribution in [2.75, 3.05) is 0 Å². The molecule has 0 aromatic heterocycles. The first kappa shape index (κ1) is 14.4. The second kappa shape index (κ2) is 6.52.